The molecule has 4 nitrogen and oxygen atoms in total. The van der Waals surface area contributed by atoms with Crippen molar-refractivity contribution < 1.29 is 9.53 Å². The molecule has 1 amide bonds. The topological polar surface area (TPSA) is 55.6 Å². The maximum Gasteiger partial charge on any atom is 0.226 e. The molecule has 3 fully saturated rings. The smallest absolute Gasteiger partial charge is 0.226 e. The second kappa shape index (κ2) is 7.98. The van der Waals surface area contributed by atoms with Crippen LogP contribution in [0, 0.1) is 17.8 Å². The Morgan fingerprint density at radius 1 is 1.00 bits per heavy atom. The molecule has 0 bridgehead atoms. The number of likely N-dealkylation sites (tertiary alicyclic amines) is 1. The zero-order valence-corrected chi connectivity index (χ0v) is 14.7. The molecule has 0 aromatic carbocycles. The summed E-state index contributed by atoms with van der Waals surface area (Å²) in [6.07, 6.45) is 11.3. The minimum absolute atomic E-state index is 0.192. The Hall–Kier alpha value is -0.610. The van der Waals surface area contributed by atoms with Crippen LogP contribution in [0.2, 0.25) is 0 Å². The van der Waals surface area contributed by atoms with Gasteiger partial charge in [0.05, 0.1) is 12.2 Å². The summed E-state index contributed by atoms with van der Waals surface area (Å²) in [5, 5.41) is 0. The summed E-state index contributed by atoms with van der Waals surface area (Å²) in [5.41, 5.74) is 5.84. The molecule has 1 aliphatic heterocycles. The summed E-state index contributed by atoms with van der Waals surface area (Å²) in [6.45, 7) is 4.76. The molecule has 4 heteroatoms. The molecule has 23 heavy (non-hydrogen) atoms. The van der Waals surface area contributed by atoms with Gasteiger partial charge in [0.2, 0.25) is 5.91 Å². The van der Waals surface area contributed by atoms with Crippen LogP contribution in [-0.4, -0.2) is 42.6 Å². The van der Waals surface area contributed by atoms with Gasteiger partial charge in [0.1, 0.15) is 0 Å². The molecule has 0 aromatic rings. The number of piperidine rings is 1. The number of carbonyl (C=O) groups is 1. The summed E-state index contributed by atoms with van der Waals surface area (Å²) < 4.78 is 6.32. The average molecular weight is 322 g/mol. The molecular weight excluding hydrogens is 288 g/mol. The van der Waals surface area contributed by atoms with Gasteiger partial charge in [0.25, 0.3) is 0 Å². The lowest BCUT2D eigenvalue weighted by Gasteiger charge is -2.37. The molecule has 0 spiro atoms. The summed E-state index contributed by atoms with van der Waals surface area (Å²) in [5.74, 6) is 1.84. The fraction of sp³-hybridized carbons (Fsp3) is 0.947. The van der Waals surface area contributed by atoms with Gasteiger partial charge in [-0.15, -0.1) is 0 Å². The molecule has 2 N–H and O–H groups in total. The molecule has 2 saturated carbocycles. The second-order valence-corrected chi connectivity index (χ2v) is 8.08. The molecule has 0 radical (unpaired) electrons. The van der Waals surface area contributed by atoms with Crippen molar-refractivity contribution in [1.82, 2.24) is 4.90 Å². The maximum absolute atomic E-state index is 12.7. The van der Waals surface area contributed by atoms with E-state index in [9.17, 15) is 4.79 Å². The zero-order chi connectivity index (χ0) is 16.2. The predicted molar refractivity (Wildman–Crippen MR) is 92.0 cm³/mol. The summed E-state index contributed by atoms with van der Waals surface area (Å²) in [4.78, 5) is 14.8. The number of hydrogen-bond acceptors (Lipinski definition) is 3. The highest BCUT2D eigenvalue weighted by Gasteiger charge is 2.36. The van der Waals surface area contributed by atoms with E-state index >= 15 is 0 Å². The zero-order valence-electron chi connectivity index (χ0n) is 14.7. The van der Waals surface area contributed by atoms with Crippen LogP contribution >= 0.6 is 0 Å². The van der Waals surface area contributed by atoms with Gasteiger partial charge in [0.15, 0.2) is 0 Å². The van der Waals surface area contributed by atoms with Crippen LogP contribution in [0.1, 0.15) is 64.7 Å². The van der Waals surface area contributed by atoms with Gasteiger partial charge < -0.3 is 15.4 Å². The number of nitrogens with two attached hydrogens (primary N) is 1. The maximum atomic E-state index is 12.7. The van der Waals surface area contributed by atoms with E-state index in [2.05, 4.69) is 11.8 Å². The fourth-order valence-corrected chi connectivity index (χ4v) is 4.73. The number of amides is 1. The molecular formula is C19H34N2O2. The first-order chi connectivity index (χ1) is 11.2. The Kier molecular flexibility index (Phi) is 5.97. The molecule has 2 atom stereocenters. The van der Waals surface area contributed by atoms with E-state index in [0.29, 0.717) is 30.6 Å². The average Bonchev–Trinajstić information content (AvgIpc) is 3.06. The van der Waals surface area contributed by atoms with E-state index in [0.717, 1.165) is 51.1 Å². The van der Waals surface area contributed by atoms with E-state index in [-0.39, 0.29) is 5.92 Å². The van der Waals surface area contributed by atoms with Gasteiger partial charge in [-0.05, 0) is 69.7 Å². The van der Waals surface area contributed by atoms with E-state index in [1.807, 2.05) is 0 Å². The van der Waals surface area contributed by atoms with Gasteiger partial charge in [-0.1, -0.05) is 13.3 Å². The summed E-state index contributed by atoms with van der Waals surface area (Å²) in [7, 11) is 0. The third-order valence-electron chi connectivity index (χ3n) is 6.38. The molecule has 0 unspecified atom stereocenters. The molecule has 132 valence electrons. The third kappa shape index (κ3) is 4.27. The van der Waals surface area contributed by atoms with Gasteiger partial charge >= 0.3 is 0 Å². The van der Waals surface area contributed by atoms with Crippen molar-refractivity contribution >= 4 is 5.91 Å². The van der Waals surface area contributed by atoms with Gasteiger partial charge in [0, 0.05) is 19.0 Å². The van der Waals surface area contributed by atoms with E-state index in [1.54, 1.807) is 0 Å². The number of hydrogen-bond donors (Lipinski definition) is 1. The van der Waals surface area contributed by atoms with Gasteiger partial charge in [-0.2, -0.15) is 0 Å². The highest BCUT2D eigenvalue weighted by atomic mass is 16.5. The Labute approximate surface area is 141 Å². The van der Waals surface area contributed by atoms with Crippen molar-refractivity contribution in [2.45, 2.75) is 76.9 Å². The van der Waals surface area contributed by atoms with Crippen LogP contribution in [0.3, 0.4) is 0 Å². The van der Waals surface area contributed by atoms with Crippen molar-refractivity contribution in [1.29, 1.82) is 0 Å². The number of rotatable bonds is 4. The lowest BCUT2D eigenvalue weighted by atomic mass is 9.88. The molecule has 1 heterocycles. The molecule has 3 aliphatic rings. The number of ether oxygens (including phenoxy) is 1. The largest absolute Gasteiger partial charge is 0.375 e. The van der Waals surface area contributed by atoms with E-state index < -0.39 is 0 Å². The first-order valence-electron chi connectivity index (χ1n) is 9.81. The highest BCUT2D eigenvalue weighted by molar-refractivity contribution is 5.79. The fourth-order valence-electron chi connectivity index (χ4n) is 4.73. The Morgan fingerprint density at radius 3 is 2.30 bits per heavy atom. The van der Waals surface area contributed by atoms with E-state index in [1.165, 1.54) is 25.7 Å². The Morgan fingerprint density at radius 2 is 1.65 bits per heavy atom. The molecule has 0 aromatic heterocycles. The van der Waals surface area contributed by atoms with Gasteiger partial charge in [-0.3, -0.25) is 4.79 Å². The highest BCUT2D eigenvalue weighted by Crippen LogP contribution is 2.33. The minimum atomic E-state index is 0.192. The Bertz CT molecular complexity index is 385. The monoisotopic (exact) mass is 322 g/mol. The van der Waals surface area contributed by atoms with Crippen LogP contribution in [0.5, 0.6) is 0 Å². The standard InChI is InChI=1S/C19H34N2O2/c1-14-5-7-16(8-6-14)23-17-9-11-21(12-10-17)19(22)18-4-2-3-15(18)13-20/h14-18H,2-13,20H2,1H3/t14?,15-,16?,18-/m1/s1. The summed E-state index contributed by atoms with van der Waals surface area (Å²) in [6, 6.07) is 0. The van der Waals surface area contributed by atoms with Crippen LogP contribution in [0.25, 0.3) is 0 Å². The van der Waals surface area contributed by atoms with Crippen LogP contribution in [0.15, 0.2) is 0 Å². The predicted octanol–water partition coefficient (Wildman–Crippen LogP) is 2.95. The lowest BCUT2D eigenvalue weighted by molar-refractivity contribution is -0.140. The number of nitrogens with zero attached hydrogens (tertiary/aromatic N) is 1. The van der Waals surface area contributed by atoms with Crippen molar-refractivity contribution in [3.05, 3.63) is 0 Å². The van der Waals surface area contributed by atoms with Crippen LogP contribution in [-0.2, 0) is 9.53 Å². The van der Waals surface area contributed by atoms with Crippen molar-refractivity contribution in [2.75, 3.05) is 19.6 Å². The van der Waals surface area contributed by atoms with Crippen molar-refractivity contribution in [3.63, 3.8) is 0 Å². The first-order valence-corrected chi connectivity index (χ1v) is 9.81. The summed E-state index contributed by atoms with van der Waals surface area (Å²) >= 11 is 0. The third-order valence-corrected chi connectivity index (χ3v) is 6.38. The molecule has 3 rings (SSSR count). The lowest BCUT2D eigenvalue weighted by Crippen LogP contribution is -2.45. The minimum Gasteiger partial charge on any atom is -0.375 e. The molecule has 1 saturated heterocycles. The Balaban J connectivity index is 1.42. The second-order valence-electron chi connectivity index (χ2n) is 8.08. The van der Waals surface area contributed by atoms with Crippen LogP contribution < -0.4 is 5.73 Å². The van der Waals surface area contributed by atoms with Crippen LogP contribution in [0.4, 0.5) is 0 Å². The first kappa shape index (κ1) is 17.2. The van der Waals surface area contributed by atoms with E-state index in [4.69, 9.17) is 10.5 Å². The number of carbonyl (C=O) groups excluding carboxylic acids is 1. The van der Waals surface area contributed by atoms with Gasteiger partial charge in [-0.25, -0.2) is 0 Å². The quantitative estimate of drug-likeness (QED) is 0.866. The van der Waals surface area contributed by atoms with Crippen molar-refractivity contribution in [3.8, 4) is 0 Å². The normalized spacial score (nSPS) is 36.3. The van der Waals surface area contributed by atoms with Crippen molar-refractivity contribution in [2.24, 2.45) is 23.5 Å². The molecule has 2 aliphatic carbocycles. The SMILES string of the molecule is CC1CCC(OC2CCN(C(=O)[C@@H]3CCC[C@@H]3CN)CC2)CC1.